The van der Waals surface area contributed by atoms with Gasteiger partial charge in [-0.15, -0.1) is 0 Å². The van der Waals surface area contributed by atoms with Gasteiger partial charge in [-0.1, -0.05) is 65.7 Å². The topological polar surface area (TPSA) is 126 Å². The molecule has 3 rings (SSSR count). The number of ether oxygens (including phenoxy) is 2. The summed E-state index contributed by atoms with van der Waals surface area (Å²) in [6.45, 7) is 1.06. The summed E-state index contributed by atoms with van der Waals surface area (Å²) in [6.07, 6.45) is 0.624. The number of carboxylic acid groups (broad SMARTS) is 1. The molecule has 198 valence electrons. The fourth-order valence-corrected chi connectivity index (χ4v) is 3.69. The van der Waals surface area contributed by atoms with Crippen molar-refractivity contribution in [1.29, 1.82) is 0 Å². The first-order chi connectivity index (χ1) is 18.2. The first-order valence-electron chi connectivity index (χ1n) is 11.4. The summed E-state index contributed by atoms with van der Waals surface area (Å²) in [5.41, 5.74) is 3.83. The Morgan fingerprint density at radius 2 is 1.76 bits per heavy atom. The first-order valence-corrected chi connectivity index (χ1v) is 12.2. The van der Waals surface area contributed by atoms with E-state index in [9.17, 15) is 14.4 Å². The van der Waals surface area contributed by atoms with E-state index in [0.717, 1.165) is 5.56 Å². The molecular weight excluding hydrogens is 533 g/mol. The van der Waals surface area contributed by atoms with Gasteiger partial charge >= 0.3 is 5.97 Å². The Labute approximate surface area is 229 Å². The van der Waals surface area contributed by atoms with Crippen LogP contribution in [0.25, 0.3) is 0 Å². The van der Waals surface area contributed by atoms with E-state index in [1.165, 1.54) is 19.2 Å². The smallest absolute Gasteiger partial charge is 0.341 e. The number of hydrazone groups is 1. The lowest BCUT2D eigenvalue weighted by molar-refractivity contribution is -0.139. The monoisotopic (exact) mass is 557 g/mol. The fourth-order valence-electron chi connectivity index (χ4n) is 3.24. The Kier molecular flexibility index (Phi) is 10.5. The minimum atomic E-state index is -1.10. The van der Waals surface area contributed by atoms with Crippen LogP contribution in [0, 0.1) is 0 Å². The molecule has 3 aromatic carbocycles. The molecule has 0 spiro atoms. The normalized spacial score (nSPS) is 12.4. The predicted molar refractivity (Wildman–Crippen MR) is 144 cm³/mol. The molecule has 9 nitrogen and oxygen atoms in total. The van der Waals surface area contributed by atoms with Crippen molar-refractivity contribution in [3.05, 3.63) is 94.0 Å². The molecule has 0 saturated heterocycles. The third kappa shape index (κ3) is 9.10. The van der Waals surface area contributed by atoms with Gasteiger partial charge in [0.2, 0.25) is 0 Å². The van der Waals surface area contributed by atoms with Crippen LogP contribution in [0.5, 0.6) is 11.5 Å². The number of benzene rings is 3. The van der Waals surface area contributed by atoms with Crippen LogP contribution in [0.3, 0.4) is 0 Å². The lowest BCUT2D eigenvalue weighted by Gasteiger charge is -2.21. The maximum Gasteiger partial charge on any atom is 0.341 e. The molecule has 2 amide bonds. The van der Waals surface area contributed by atoms with E-state index in [1.54, 1.807) is 36.4 Å². The van der Waals surface area contributed by atoms with Crippen LogP contribution in [0.1, 0.15) is 18.1 Å². The molecule has 0 fully saturated rings. The maximum atomic E-state index is 13.0. The molecule has 38 heavy (non-hydrogen) atoms. The van der Waals surface area contributed by atoms with E-state index in [0.29, 0.717) is 16.3 Å². The van der Waals surface area contributed by atoms with E-state index < -0.39 is 36.5 Å². The van der Waals surface area contributed by atoms with Gasteiger partial charge in [-0.25, -0.2) is 10.2 Å². The van der Waals surface area contributed by atoms with Gasteiger partial charge in [0.25, 0.3) is 11.8 Å². The summed E-state index contributed by atoms with van der Waals surface area (Å²) >= 11 is 12.0. The van der Waals surface area contributed by atoms with Crippen molar-refractivity contribution >= 4 is 47.2 Å². The number of carbonyl (C=O) groups is 3. The van der Waals surface area contributed by atoms with Crippen molar-refractivity contribution in [1.82, 2.24) is 10.7 Å². The van der Waals surface area contributed by atoms with E-state index in [-0.39, 0.29) is 17.2 Å². The van der Waals surface area contributed by atoms with Crippen molar-refractivity contribution in [2.75, 3.05) is 6.61 Å². The molecule has 11 heteroatoms. The Hall–Kier alpha value is -4.08. The number of nitrogens with zero attached hydrogens (tertiary/aromatic N) is 1. The number of amides is 2. The molecule has 0 aromatic heterocycles. The van der Waals surface area contributed by atoms with Crippen LogP contribution in [-0.4, -0.2) is 47.9 Å². The predicted octanol–water partition coefficient (Wildman–Crippen LogP) is 4.10. The average molecular weight is 558 g/mol. The van der Waals surface area contributed by atoms with Crippen molar-refractivity contribution in [2.24, 2.45) is 5.10 Å². The number of aliphatic carboxylic acids is 1. The van der Waals surface area contributed by atoms with Crippen molar-refractivity contribution in [2.45, 2.75) is 25.5 Å². The molecule has 0 heterocycles. The van der Waals surface area contributed by atoms with Gasteiger partial charge in [-0.3, -0.25) is 9.59 Å². The second-order valence-electron chi connectivity index (χ2n) is 8.07. The molecule has 3 aromatic rings. The minimum absolute atomic E-state index is 0.209. The molecule has 0 aliphatic carbocycles. The van der Waals surface area contributed by atoms with Crippen LogP contribution in [0.2, 0.25) is 10.0 Å². The highest BCUT2D eigenvalue weighted by atomic mass is 35.5. The standard InChI is InChI=1S/C27H25Cl2N3O6/c1-17(38-24-11-10-20(28)14-22(24)29)26(35)31-23(13-18-6-3-2-4-7-18)27(36)32-30-15-19-8-5-9-21(12-19)37-16-25(33)34/h2-12,14-15,17,23H,13,16H2,1H3,(H,31,35)(H,32,36)(H,33,34)/b30-15-/t17-,23+/m1/s1. The van der Waals surface area contributed by atoms with Crippen LogP contribution in [0.4, 0.5) is 0 Å². The minimum Gasteiger partial charge on any atom is -0.482 e. The van der Waals surface area contributed by atoms with Gasteiger partial charge < -0.3 is 19.9 Å². The molecule has 0 saturated carbocycles. The van der Waals surface area contributed by atoms with Gasteiger partial charge in [-0.2, -0.15) is 5.10 Å². The van der Waals surface area contributed by atoms with E-state index >= 15 is 0 Å². The van der Waals surface area contributed by atoms with Crippen molar-refractivity contribution in [3.8, 4) is 11.5 Å². The van der Waals surface area contributed by atoms with Gasteiger partial charge in [0.15, 0.2) is 12.7 Å². The summed E-state index contributed by atoms with van der Waals surface area (Å²) in [6, 6.07) is 19.4. The number of hydrogen-bond acceptors (Lipinski definition) is 6. The number of carboxylic acids is 1. The zero-order valence-electron chi connectivity index (χ0n) is 20.3. The van der Waals surface area contributed by atoms with Crippen LogP contribution in [0.15, 0.2) is 77.9 Å². The van der Waals surface area contributed by atoms with E-state index in [2.05, 4.69) is 15.8 Å². The lowest BCUT2D eigenvalue weighted by Crippen LogP contribution is -2.50. The molecule has 0 aliphatic rings. The summed E-state index contributed by atoms with van der Waals surface area (Å²) in [5, 5.41) is 16.1. The Morgan fingerprint density at radius 1 is 1.00 bits per heavy atom. The first kappa shape index (κ1) is 28.5. The van der Waals surface area contributed by atoms with Crippen LogP contribution >= 0.6 is 23.2 Å². The fraction of sp³-hybridized carbons (Fsp3) is 0.185. The molecular formula is C27H25Cl2N3O6. The van der Waals surface area contributed by atoms with Crippen LogP contribution in [-0.2, 0) is 20.8 Å². The maximum absolute atomic E-state index is 13.0. The number of carbonyl (C=O) groups excluding carboxylic acids is 2. The Bertz CT molecular complexity index is 1300. The van der Waals surface area contributed by atoms with E-state index in [4.69, 9.17) is 37.8 Å². The molecule has 0 radical (unpaired) electrons. The summed E-state index contributed by atoms with van der Waals surface area (Å²) in [4.78, 5) is 36.6. The number of rotatable bonds is 12. The van der Waals surface area contributed by atoms with Crippen molar-refractivity contribution < 1.29 is 29.0 Å². The highest BCUT2D eigenvalue weighted by molar-refractivity contribution is 6.35. The van der Waals surface area contributed by atoms with Gasteiger partial charge in [-0.05, 0) is 48.4 Å². The van der Waals surface area contributed by atoms with Crippen molar-refractivity contribution in [3.63, 3.8) is 0 Å². The average Bonchev–Trinajstić information content (AvgIpc) is 2.89. The second kappa shape index (κ2) is 14.0. The molecule has 0 aliphatic heterocycles. The van der Waals surface area contributed by atoms with Gasteiger partial charge in [0, 0.05) is 11.4 Å². The van der Waals surface area contributed by atoms with Gasteiger partial charge in [0.05, 0.1) is 11.2 Å². The quantitative estimate of drug-likeness (QED) is 0.227. The van der Waals surface area contributed by atoms with Gasteiger partial charge in [0.1, 0.15) is 17.5 Å². The SMILES string of the molecule is C[C@@H](Oc1ccc(Cl)cc1Cl)C(=O)N[C@@H](Cc1ccccc1)C(=O)N/N=C\c1cccc(OCC(=O)O)c1. The number of hydrogen-bond donors (Lipinski definition) is 3. The highest BCUT2D eigenvalue weighted by Gasteiger charge is 2.25. The third-order valence-electron chi connectivity index (χ3n) is 5.09. The molecule has 3 N–H and O–H groups in total. The zero-order valence-corrected chi connectivity index (χ0v) is 21.8. The lowest BCUT2D eigenvalue weighted by atomic mass is 10.1. The summed E-state index contributed by atoms with van der Waals surface area (Å²) < 4.78 is 10.8. The largest absolute Gasteiger partial charge is 0.482 e. The third-order valence-corrected chi connectivity index (χ3v) is 5.62. The molecule has 0 unspecified atom stereocenters. The zero-order chi connectivity index (χ0) is 27.5. The summed E-state index contributed by atoms with van der Waals surface area (Å²) in [7, 11) is 0. The Balaban J connectivity index is 1.67. The molecule has 0 bridgehead atoms. The van der Waals surface area contributed by atoms with E-state index in [1.807, 2.05) is 30.3 Å². The van der Waals surface area contributed by atoms with Crippen LogP contribution < -0.4 is 20.2 Å². The molecule has 2 atom stereocenters. The number of nitrogens with one attached hydrogen (secondary N) is 2. The second-order valence-corrected chi connectivity index (χ2v) is 8.92. The highest BCUT2D eigenvalue weighted by Crippen LogP contribution is 2.28. The number of halogens is 2. The Morgan fingerprint density at radius 3 is 2.47 bits per heavy atom. The summed E-state index contributed by atoms with van der Waals surface area (Å²) in [5.74, 6) is -1.56.